The second-order valence-electron chi connectivity index (χ2n) is 14.7. The first-order chi connectivity index (χ1) is 26.4. The number of hydrogen-bond acceptors (Lipinski definition) is 3. The summed E-state index contributed by atoms with van der Waals surface area (Å²) in [4.78, 5) is 9.42. The number of fused-ring (bicyclic) bond motifs is 10. The summed E-state index contributed by atoms with van der Waals surface area (Å²) in [6, 6.07) is 52.1. The molecule has 0 atom stereocenters. The van der Waals surface area contributed by atoms with Gasteiger partial charge < -0.3 is 4.57 Å². The Morgan fingerprint density at radius 1 is 0.537 bits per heavy atom. The third kappa shape index (κ3) is 4.18. The standard InChI is InChI=1S/C48H30FN5/c1-48(2)39-12-6-3-9-32(39)33-20-18-31(26-40(33)48)53-43-13-7-4-10-34(43)37-23-28(15-21-45(37)53)29-16-22-46-38(24-29)35-11-5-8-14-44(35)54(46)47-51-41-25-30(49)17-19-36(41)42(27-50)52-47/h3-26H,1-2H3. The van der Waals surface area contributed by atoms with E-state index in [-0.39, 0.29) is 11.1 Å². The van der Waals surface area contributed by atoms with Crippen LogP contribution < -0.4 is 0 Å². The molecule has 0 unspecified atom stereocenters. The molecule has 0 saturated carbocycles. The molecule has 10 aromatic rings. The molecule has 7 aromatic carbocycles. The average Bonchev–Trinajstić information content (AvgIpc) is 3.80. The number of benzene rings is 7. The lowest BCUT2D eigenvalue weighted by Crippen LogP contribution is -2.15. The van der Waals surface area contributed by atoms with Gasteiger partial charge in [0.2, 0.25) is 5.95 Å². The Kier molecular flexibility index (Phi) is 6.19. The first-order valence-corrected chi connectivity index (χ1v) is 18.1. The molecule has 0 saturated heterocycles. The van der Waals surface area contributed by atoms with Crippen LogP contribution in [0.2, 0.25) is 0 Å². The van der Waals surface area contributed by atoms with E-state index in [1.807, 2.05) is 22.8 Å². The topological polar surface area (TPSA) is 59.4 Å². The van der Waals surface area contributed by atoms with E-state index in [0.717, 1.165) is 44.1 Å². The summed E-state index contributed by atoms with van der Waals surface area (Å²) < 4.78 is 18.7. The van der Waals surface area contributed by atoms with Crippen molar-refractivity contribution in [3.05, 3.63) is 168 Å². The van der Waals surface area contributed by atoms with E-state index in [0.29, 0.717) is 16.9 Å². The van der Waals surface area contributed by atoms with Gasteiger partial charge in [0.1, 0.15) is 11.9 Å². The van der Waals surface area contributed by atoms with Gasteiger partial charge in [-0.15, -0.1) is 0 Å². The van der Waals surface area contributed by atoms with Gasteiger partial charge in [0.25, 0.3) is 0 Å². The quantitative estimate of drug-likeness (QED) is 0.185. The highest BCUT2D eigenvalue weighted by Crippen LogP contribution is 2.49. The maximum Gasteiger partial charge on any atom is 0.236 e. The molecule has 0 fully saturated rings. The van der Waals surface area contributed by atoms with Crippen LogP contribution in [-0.4, -0.2) is 19.1 Å². The van der Waals surface area contributed by atoms with Crippen molar-refractivity contribution in [3.63, 3.8) is 0 Å². The van der Waals surface area contributed by atoms with Crippen LogP contribution in [-0.2, 0) is 5.41 Å². The molecule has 0 N–H and O–H groups in total. The Morgan fingerprint density at radius 3 is 1.87 bits per heavy atom. The minimum atomic E-state index is -0.412. The van der Waals surface area contributed by atoms with Crippen LogP contribution in [0.15, 0.2) is 146 Å². The predicted octanol–water partition coefficient (Wildman–Crippen LogP) is 11.8. The van der Waals surface area contributed by atoms with Gasteiger partial charge in [-0.3, -0.25) is 4.57 Å². The molecule has 6 heteroatoms. The number of rotatable bonds is 3. The number of nitrogens with zero attached hydrogens (tertiary/aromatic N) is 5. The summed E-state index contributed by atoms with van der Waals surface area (Å²) in [6.45, 7) is 4.65. The number of hydrogen-bond donors (Lipinski definition) is 0. The first-order valence-electron chi connectivity index (χ1n) is 18.1. The van der Waals surface area contributed by atoms with Crippen LogP contribution in [0.25, 0.3) is 88.4 Å². The lowest BCUT2D eigenvalue weighted by molar-refractivity contribution is 0.629. The van der Waals surface area contributed by atoms with Crippen molar-refractivity contribution in [2.75, 3.05) is 0 Å². The Morgan fingerprint density at radius 2 is 1.15 bits per heavy atom. The Hall–Kier alpha value is -7.10. The van der Waals surface area contributed by atoms with Crippen molar-refractivity contribution in [1.29, 1.82) is 5.26 Å². The zero-order chi connectivity index (χ0) is 36.3. The summed E-state index contributed by atoms with van der Waals surface area (Å²) in [5, 5.41) is 15.0. The molecular weight excluding hydrogens is 666 g/mol. The second-order valence-corrected chi connectivity index (χ2v) is 14.7. The Bertz CT molecular complexity index is 3290. The highest BCUT2D eigenvalue weighted by molar-refractivity contribution is 6.12. The highest BCUT2D eigenvalue weighted by Gasteiger charge is 2.35. The van der Waals surface area contributed by atoms with E-state index in [1.54, 1.807) is 6.07 Å². The van der Waals surface area contributed by atoms with Crippen molar-refractivity contribution in [1.82, 2.24) is 19.1 Å². The normalized spacial score (nSPS) is 13.2. The third-order valence-electron chi connectivity index (χ3n) is 11.5. The lowest BCUT2D eigenvalue weighted by Gasteiger charge is -2.22. The van der Waals surface area contributed by atoms with Gasteiger partial charge in [0.15, 0.2) is 5.69 Å². The van der Waals surface area contributed by atoms with Crippen LogP contribution in [0.1, 0.15) is 30.7 Å². The minimum Gasteiger partial charge on any atom is -0.309 e. The zero-order valence-electron chi connectivity index (χ0n) is 29.5. The lowest BCUT2D eigenvalue weighted by atomic mass is 9.82. The van der Waals surface area contributed by atoms with Gasteiger partial charge in [-0.1, -0.05) is 92.7 Å². The fourth-order valence-electron chi connectivity index (χ4n) is 8.91. The maximum absolute atomic E-state index is 14.3. The first kappa shape index (κ1) is 30.5. The maximum atomic E-state index is 14.3. The molecule has 254 valence electrons. The van der Waals surface area contributed by atoms with E-state index >= 15 is 0 Å². The van der Waals surface area contributed by atoms with Crippen LogP contribution in [0.3, 0.4) is 0 Å². The van der Waals surface area contributed by atoms with Crippen LogP contribution in [0.4, 0.5) is 4.39 Å². The molecule has 5 nitrogen and oxygen atoms in total. The van der Waals surface area contributed by atoms with Crippen molar-refractivity contribution in [2.45, 2.75) is 19.3 Å². The average molecular weight is 696 g/mol. The molecule has 0 amide bonds. The van der Waals surface area contributed by atoms with E-state index in [1.165, 1.54) is 50.7 Å². The largest absolute Gasteiger partial charge is 0.309 e. The Labute approximate surface area is 309 Å². The molecule has 0 radical (unpaired) electrons. The molecule has 54 heavy (non-hydrogen) atoms. The summed E-state index contributed by atoms with van der Waals surface area (Å²) in [6.07, 6.45) is 0. The molecule has 3 heterocycles. The monoisotopic (exact) mass is 695 g/mol. The fourth-order valence-corrected chi connectivity index (χ4v) is 8.91. The van der Waals surface area contributed by atoms with Crippen molar-refractivity contribution in [2.24, 2.45) is 0 Å². The van der Waals surface area contributed by atoms with Gasteiger partial charge in [-0.25, -0.2) is 14.4 Å². The van der Waals surface area contributed by atoms with Gasteiger partial charge in [0, 0.05) is 44.1 Å². The summed E-state index contributed by atoms with van der Waals surface area (Å²) in [7, 11) is 0. The smallest absolute Gasteiger partial charge is 0.236 e. The third-order valence-corrected chi connectivity index (χ3v) is 11.5. The molecule has 3 aromatic heterocycles. The van der Waals surface area contributed by atoms with Crippen molar-refractivity contribution >= 4 is 54.5 Å². The summed E-state index contributed by atoms with van der Waals surface area (Å²) in [5.74, 6) is -0.0816. The van der Waals surface area contributed by atoms with Gasteiger partial charge in [-0.2, -0.15) is 5.26 Å². The van der Waals surface area contributed by atoms with E-state index in [2.05, 4.69) is 139 Å². The van der Waals surface area contributed by atoms with Crippen LogP contribution >= 0.6 is 0 Å². The molecule has 1 aliphatic carbocycles. The van der Waals surface area contributed by atoms with E-state index < -0.39 is 5.82 Å². The Balaban J connectivity index is 1.08. The van der Waals surface area contributed by atoms with Gasteiger partial charge in [0.05, 0.1) is 27.6 Å². The van der Waals surface area contributed by atoms with Crippen LogP contribution in [0.5, 0.6) is 0 Å². The molecular formula is C48H30FN5. The van der Waals surface area contributed by atoms with Gasteiger partial charge in [-0.05, 0) is 94.0 Å². The molecule has 11 rings (SSSR count). The van der Waals surface area contributed by atoms with E-state index in [9.17, 15) is 9.65 Å². The number of nitriles is 1. The summed E-state index contributed by atoms with van der Waals surface area (Å²) >= 11 is 0. The number of aromatic nitrogens is 4. The van der Waals surface area contributed by atoms with Crippen LogP contribution in [0, 0.1) is 17.1 Å². The second kappa shape index (κ2) is 11.0. The molecule has 0 spiro atoms. The minimum absolute atomic E-state index is 0.0913. The molecule has 0 bridgehead atoms. The number of para-hydroxylation sites is 2. The molecule has 1 aliphatic rings. The fraction of sp³-hybridized carbons (Fsp3) is 0.0625. The van der Waals surface area contributed by atoms with Crippen molar-refractivity contribution in [3.8, 4) is 40.0 Å². The predicted molar refractivity (Wildman–Crippen MR) is 216 cm³/mol. The highest BCUT2D eigenvalue weighted by atomic mass is 19.1. The SMILES string of the molecule is CC1(C)c2ccccc2-c2ccc(-n3c4ccccc4c4cc(-c5ccc6c(c5)c5ccccc5n6-c5nc(C#N)c6ccc(F)cc6n5)ccc43)cc21. The van der Waals surface area contributed by atoms with Gasteiger partial charge >= 0.3 is 0 Å². The number of halogens is 1. The zero-order valence-corrected chi connectivity index (χ0v) is 29.5. The van der Waals surface area contributed by atoms with E-state index in [4.69, 9.17) is 4.98 Å². The van der Waals surface area contributed by atoms with Crippen molar-refractivity contribution < 1.29 is 4.39 Å². The summed E-state index contributed by atoms with van der Waals surface area (Å²) in [5.41, 5.74) is 13.3. The molecule has 0 aliphatic heterocycles.